The molecule has 4 heteroatoms. The zero-order valence-electron chi connectivity index (χ0n) is 10.8. The van der Waals surface area contributed by atoms with Crippen LogP contribution < -0.4 is 5.73 Å². The van der Waals surface area contributed by atoms with Gasteiger partial charge in [0.1, 0.15) is 0 Å². The molecule has 1 rings (SSSR count). The van der Waals surface area contributed by atoms with Crippen molar-refractivity contribution in [3.8, 4) is 0 Å². The second kappa shape index (κ2) is 6.21. The molecule has 2 N–H and O–H groups in total. The highest BCUT2D eigenvalue weighted by Gasteiger charge is 2.25. The van der Waals surface area contributed by atoms with Crippen molar-refractivity contribution < 1.29 is 4.79 Å². The molecule has 2 atom stereocenters. The Balaban J connectivity index is 2.34. The lowest BCUT2D eigenvalue weighted by Gasteiger charge is -2.33. The third kappa shape index (κ3) is 3.46. The van der Waals surface area contributed by atoms with Crippen molar-refractivity contribution in [2.75, 3.05) is 26.7 Å². The van der Waals surface area contributed by atoms with E-state index in [2.05, 4.69) is 25.8 Å². The molecule has 1 aliphatic heterocycles. The van der Waals surface area contributed by atoms with E-state index in [9.17, 15) is 4.79 Å². The number of hydrogen-bond donors (Lipinski definition) is 1. The van der Waals surface area contributed by atoms with Crippen molar-refractivity contribution in [2.24, 2.45) is 5.73 Å². The van der Waals surface area contributed by atoms with E-state index in [0.717, 1.165) is 38.9 Å². The van der Waals surface area contributed by atoms with Gasteiger partial charge in [-0.1, -0.05) is 6.92 Å². The molecule has 1 saturated heterocycles. The van der Waals surface area contributed by atoms with Crippen LogP contribution in [0.15, 0.2) is 0 Å². The van der Waals surface area contributed by atoms with Crippen LogP contribution in [0.3, 0.4) is 0 Å². The van der Waals surface area contributed by atoms with Gasteiger partial charge in [-0.15, -0.1) is 0 Å². The standard InChI is InChI=1S/C12H25N3O/c1-4-10(2)14(3)8-9-15-7-5-6-11(13)12(15)16/h10-11H,4-9,13H2,1-3H3. The molecule has 1 fully saturated rings. The summed E-state index contributed by atoms with van der Waals surface area (Å²) >= 11 is 0. The smallest absolute Gasteiger partial charge is 0.239 e. The molecule has 1 heterocycles. The Morgan fingerprint density at radius 2 is 2.31 bits per heavy atom. The summed E-state index contributed by atoms with van der Waals surface area (Å²) in [4.78, 5) is 16.0. The van der Waals surface area contributed by atoms with Crippen molar-refractivity contribution in [1.82, 2.24) is 9.80 Å². The van der Waals surface area contributed by atoms with Gasteiger partial charge in [-0.3, -0.25) is 4.79 Å². The molecule has 0 aromatic carbocycles. The van der Waals surface area contributed by atoms with Crippen LogP contribution >= 0.6 is 0 Å². The molecule has 94 valence electrons. The van der Waals surface area contributed by atoms with Crippen molar-refractivity contribution >= 4 is 5.91 Å². The minimum atomic E-state index is -0.261. The van der Waals surface area contributed by atoms with E-state index in [1.807, 2.05) is 4.90 Å². The molecule has 0 aliphatic carbocycles. The Kier molecular flexibility index (Phi) is 5.22. The summed E-state index contributed by atoms with van der Waals surface area (Å²) in [5.74, 6) is 0.129. The molecular formula is C12H25N3O. The van der Waals surface area contributed by atoms with Crippen LogP contribution in [0, 0.1) is 0 Å². The highest BCUT2D eigenvalue weighted by Crippen LogP contribution is 2.10. The molecular weight excluding hydrogens is 202 g/mol. The second-order valence-electron chi connectivity index (χ2n) is 4.81. The van der Waals surface area contributed by atoms with Crippen molar-refractivity contribution in [3.63, 3.8) is 0 Å². The third-order valence-electron chi connectivity index (χ3n) is 3.64. The quantitative estimate of drug-likeness (QED) is 0.751. The molecule has 1 amide bonds. The monoisotopic (exact) mass is 227 g/mol. The van der Waals surface area contributed by atoms with Crippen molar-refractivity contribution in [2.45, 2.75) is 45.2 Å². The largest absolute Gasteiger partial charge is 0.340 e. The van der Waals surface area contributed by atoms with Crippen molar-refractivity contribution in [1.29, 1.82) is 0 Å². The van der Waals surface area contributed by atoms with Crippen LogP contribution in [0.25, 0.3) is 0 Å². The maximum Gasteiger partial charge on any atom is 0.239 e. The summed E-state index contributed by atoms with van der Waals surface area (Å²) in [6.45, 7) is 7.02. The number of amides is 1. The van der Waals surface area contributed by atoms with Gasteiger partial charge in [-0.2, -0.15) is 0 Å². The minimum Gasteiger partial charge on any atom is -0.340 e. The third-order valence-corrected chi connectivity index (χ3v) is 3.64. The molecule has 16 heavy (non-hydrogen) atoms. The van der Waals surface area contributed by atoms with Gasteiger partial charge in [-0.25, -0.2) is 0 Å². The number of likely N-dealkylation sites (tertiary alicyclic amines) is 1. The molecule has 0 aromatic heterocycles. The van der Waals surface area contributed by atoms with Gasteiger partial charge >= 0.3 is 0 Å². The van der Waals surface area contributed by atoms with Crippen LogP contribution in [0.5, 0.6) is 0 Å². The van der Waals surface area contributed by atoms with Gasteiger partial charge in [0.25, 0.3) is 0 Å². The molecule has 0 saturated carbocycles. The van der Waals surface area contributed by atoms with Gasteiger partial charge < -0.3 is 15.5 Å². The van der Waals surface area contributed by atoms with Crippen LogP contribution in [0.2, 0.25) is 0 Å². The molecule has 0 aromatic rings. The Labute approximate surface area is 98.8 Å². The summed E-state index contributed by atoms with van der Waals surface area (Å²) in [6.07, 6.45) is 3.03. The van der Waals surface area contributed by atoms with E-state index in [0.29, 0.717) is 6.04 Å². The summed E-state index contributed by atoms with van der Waals surface area (Å²) < 4.78 is 0. The molecule has 4 nitrogen and oxygen atoms in total. The highest BCUT2D eigenvalue weighted by atomic mass is 16.2. The number of rotatable bonds is 5. The Hall–Kier alpha value is -0.610. The number of nitrogens with zero attached hydrogens (tertiary/aromatic N) is 2. The average Bonchev–Trinajstić information content (AvgIpc) is 2.29. The highest BCUT2D eigenvalue weighted by molar-refractivity contribution is 5.82. The van der Waals surface area contributed by atoms with E-state index in [4.69, 9.17) is 5.73 Å². The Morgan fingerprint density at radius 3 is 2.94 bits per heavy atom. The summed E-state index contributed by atoms with van der Waals surface area (Å²) in [5.41, 5.74) is 5.76. The fourth-order valence-electron chi connectivity index (χ4n) is 2.00. The number of likely N-dealkylation sites (N-methyl/N-ethyl adjacent to an activating group) is 1. The van der Waals surface area contributed by atoms with Crippen molar-refractivity contribution in [3.05, 3.63) is 0 Å². The normalized spacial score (nSPS) is 23.9. The Morgan fingerprint density at radius 1 is 1.62 bits per heavy atom. The number of nitrogens with two attached hydrogens (primary N) is 1. The molecule has 0 bridgehead atoms. The predicted molar refractivity (Wildman–Crippen MR) is 66.2 cm³/mol. The number of hydrogen-bond acceptors (Lipinski definition) is 3. The molecule has 0 radical (unpaired) electrons. The van der Waals surface area contributed by atoms with Crippen LogP contribution in [0.1, 0.15) is 33.1 Å². The first-order valence-electron chi connectivity index (χ1n) is 6.30. The summed E-state index contributed by atoms with van der Waals surface area (Å²) in [7, 11) is 2.11. The van der Waals surface area contributed by atoms with E-state index >= 15 is 0 Å². The zero-order valence-corrected chi connectivity index (χ0v) is 10.8. The Bertz CT molecular complexity index is 232. The SMILES string of the molecule is CCC(C)N(C)CCN1CCCC(N)C1=O. The van der Waals surface area contributed by atoms with E-state index in [1.54, 1.807) is 0 Å². The molecule has 0 spiro atoms. The minimum absolute atomic E-state index is 0.129. The first-order valence-corrected chi connectivity index (χ1v) is 6.30. The van der Waals surface area contributed by atoms with E-state index in [-0.39, 0.29) is 11.9 Å². The average molecular weight is 227 g/mol. The van der Waals surface area contributed by atoms with Gasteiger partial charge in [0.15, 0.2) is 0 Å². The van der Waals surface area contributed by atoms with Gasteiger partial charge in [0, 0.05) is 25.7 Å². The molecule has 2 unspecified atom stereocenters. The fraction of sp³-hybridized carbons (Fsp3) is 0.917. The van der Waals surface area contributed by atoms with Gasteiger partial charge in [0.2, 0.25) is 5.91 Å². The topological polar surface area (TPSA) is 49.6 Å². The number of piperidine rings is 1. The summed E-state index contributed by atoms with van der Waals surface area (Å²) in [6, 6.07) is 0.316. The second-order valence-corrected chi connectivity index (χ2v) is 4.81. The maximum absolute atomic E-state index is 11.8. The molecule has 1 aliphatic rings. The number of carbonyl (C=O) groups is 1. The lowest BCUT2D eigenvalue weighted by atomic mass is 10.1. The van der Waals surface area contributed by atoms with E-state index in [1.165, 1.54) is 0 Å². The predicted octanol–water partition coefficient (Wildman–Crippen LogP) is 0.666. The van der Waals surface area contributed by atoms with Crippen LogP contribution in [0.4, 0.5) is 0 Å². The maximum atomic E-state index is 11.8. The van der Waals surface area contributed by atoms with Gasteiger partial charge in [0.05, 0.1) is 6.04 Å². The lowest BCUT2D eigenvalue weighted by Crippen LogP contribution is -2.50. The summed E-state index contributed by atoms with van der Waals surface area (Å²) in [5, 5.41) is 0. The first kappa shape index (κ1) is 13.5. The van der Waals surface area contributed by atoms with Crippen LogP contribution in [-0.4, -0.2) is 54.5 Å². The van der Waals surface area contributed by atoms with Gasteiger partial charge in [-0.05, 0) is 33.2 Å². The fourth-order valence-corrected chi connectivity index (χ4v) is 2.00. The van der Waals surface area contributed by atoms with E-state index < -0.39 is 0 Å². The lowest BCUT2D eigenvalue weighted by molar-refractivity contribution is -0.135. The van der Waals surface area contributed by atoms with Crippen LogP contribution in [-0.2, 0) is 4.79 Å². The zero-order chi connectivity index (χ0) is 12.1. The first-order chi connectivity index (χ1) is 7.56. The number of carbonyl (C=O) groups excluding carboxylic acids is 1.